The minimum atomic E-state index is -0.230. The molecular formula is C24H23FN4O. The molecule has 5 rings (SSSR count). The van der Waals surface area contributed by atoms with Crippen molar-refractivity contribution in [1.82, 2.24) is 14.9 Å². The fourth-order valence-electron chi connectivity index (χ4n) is 4.19. The van der Waals surface area contributed by atoms with Crippen LogP contribution in [-0.2, 0) is 11.2 Å². The number of hydrogen-bond acceptors (Lipinski definition) is 3. The van der Waals surface area contributed by atoms with Gasteiger partial charge in [-0.1, -0.05) is 18.2 Å². The van der Waals surface area contributed by atoms with Crippen molar-refractivity contribution in [3.05, 3.63) is 72.3 Å². The zero-order chi connectivity index (χ0) is 20.5. The Bertz CT molecular complexity index is 1190. The molecule has 152 valence electrons. The molecule has 0 bridgehead atoms. The number of para-hydroxylation sites is 1. The summed E-state index contributed by atoms with van der Waals surface area (Å²) in [5.74, 6) is -0.0680. The van der Waals surface area contributed by atoms with Crippen molar-refractivity contribution < 1.29 is 9.18 Å². The van der Waals surface area contributed by atoms with Gasteiger partial charge in [-0.3, -0.25) is 9.78 Å². The molecule has 0 spiro atoms. The first kappa shape index (κ1) is 18.6. The number of rotatable bonds is 4. The maximum Gasteiger partial charge on any atom is 0.223 e. The van der Waals surface area contributed by atoms with E-state index in [1.165, 1.54) is 17.5 Å². The molecule has 5 nitrogen and oxygen atoms in total. The summed E-state index contributed by atoms with van der Waals surface area (Å²) in [7, 11) is 0. The van der Waals surface area contributed by atoms with E-state index in [0.29, 0.717) is 25.9 Å². The molecule has 1 amide bonds. The highest BCUT2D eigenvalue weighted by Crippen LogP contribution is 2.25. The molecule has 6 heteroatoms. The molecule has 1 aliphatic heterocycles. The van der Waals surface area contributed by atoms with Crippen LogP contribution in [0, 0.1) is 5.82 Å². The summed E-state index contributed by atoms with van der Waals surface area (Å²) in [5, 5.41) is 2.33. The van der Waals surface area contributed by atoms with Crippen molar-refractivity contribution in [1.29, 1.82) is 0 Å². The van der Waals surface area contributed by atoms with Gasteiger partial charge in [0.25, 0.3) is 0 Å². The van der Waals surface area contributed by atoms with Gasteiger partial charge in [0, 0.05) is 60.3 Å². The first-order chi connectivity index (χ1) is 14.7. The summed E-state index contributed by atoms with van der Waals surface area (Å²) < 4.78 is 13.1. The molecule has 0 unspecified atom stereocenters. The quantitative estimate of drug-likeness (QED) is 0.558. The summed E-state index contributed by atoms with van der Waals surface area (Å²) in [6.07, 6.45) is 2.94. The van der Waals surface area contributed by atoms with Crippen molar-refractivity contribution >= 4 is 33.4 Å². The topological polar surface area (TPSA) is 52.2 Å². The molecule has 1 saturated heterocycles. The van der Waals surface area contributed by atoms with E-state index in [2.05, 4.69) is 33.1 Å². The highest BCUT2D eigenvalue weighted by atomic mass is 19.1. The number of halogens is 1. The number of nitrogens with zero attached hydrogens (tertiary/aromatic N) is 3. The van der Waals surface area contributed by atoms with Crippen LogP contribution in [0.2, 0.25) is 0 Å². The van der Waals surface area contributed by atoms with Gasteiger partial charge < -0.3 is 14.8 Å². The number of anilines is 1. The molecule has 30 heavy (non-hydrogen) atoms. The number of carbonyl (C=O) groups is 1. The number of carbonyl (C=O) groups excluding carboxylic acids is 1. The predicted octanol–water partition coefficient (Wildman–Crippen LogP) is 4.14. The number of pyridine rings is 1. The lowest BCUT2D eigenvalue weighted by Crippen LogP contribution is -2.48. The van der Waals surface area contributed by atoms with Crippen molar-refractivity contribution in [2.45, 2.75) is 12.8 Å². The maximum atomic E-state index is 13.1. The Morgan fingerprint density at radius 2 is 1.73 bits per heavy atom. The van der Waals surface area contributed by atoms with Gasteiger partial charge in [-0.25, -0.2) is 4.39 Å². The Morgan fingerprint density at radius 1 is 0.967 bits per heavy atom. The van der Waals surface area contributed by atoms with Crippen LogP contribution in [0.25, 0.3) is 21.8 Å². The van der Waals surface area contributed by atoms with E-state index in [1.54, 1.807) is 12.1 Å². The second kappa shape index (κ2) is 7.78. The van der Waals surface area contributed by atoms with Crippen LogP contribution < -0.4 is 4.90 Å². The van der Waals surface area contributed by atoms with Gasteiger partial charge in [-0.15, -0.1) is 0 Å². The molecule has 1 fully saturated rings. The van der Waals surface area contributed by atoms with E-state index in [9.17, 15) is 9.18 Å². The van der Waals surface area contributed by atoms with E-state index < -0.39 is 0 Å². The number of amides is 1. The molecule has 0 radical (unpaired) electrons. The molecule has 3 heterocycles. The first-order valence-corrected chi connectivity index (χ1v) is 10.3. The Balaban J connectivity index is 1.20. The van der Waals surface area contributed by atoms with Crippen LogP contribution in [0.1, 0.15) is 12.1 Å². The summed E-state index contributed by atoms with van der Waals surface area (Å²) in [6.45, 7) is 2.89. The van der Waals surface area contributed by atoms with Crippen LogP contribution in [0.3, 0.4) is 0 Å². The number of nitrogens with one attached hydrogen (secondary N) is 1. The number of hydrogen-bond donors (Lipinski definition) is 1. The van der Waals surface area contributed by atoms with Gasteiger partial charge in [0.15, 0.2) is 0 Å². The minimum absolute atomic E-state index is 0.162. The smallest absolute Gasteiger partial charge is 0.223 e. The first-order valence-electron chi connectivity index (χ1n) is 10.3. The van der Waals surface area contributed by atoms with Crippen LogP contribution in [-0.4, -0.2) is 47.0 Å². The van der Waals surface area contributed by atoms with Gasteiger partial charge in [-0.05, 0) is 42.8 Å². The van der Waals surface area contributed by atoms with Crippen LogP contribution in [0.15, 0.2) is 60.8 Å². The molecule has 0 saturated carbocycles. The zero-order valence-corrected chi connectivity index (χ0v) is 16.6. The Morgan fingerprint density at radius 3 is 2.53 bits per heavy atom. The second-order valence-electron chi connectivity index (χ2n) is 7.74. The third-order valence-corrected chi connectivity index (χ3v) is 5.87. The predicted molar refractivity (Wildman–Crippen MR) is 117 cm³/mol. The zero-order valence-electron chi connectivity index (χ0n) is 16.6. The van der Waals surface area contributed by atoms with Gasteiger partial charge in [-0.2, -0.15) is 0 Å². The van der Waals surface area contributed by atoms with E-state index in [4.69, 9.17) is 0 Å². The Hall–Kier alpha value is -3.41. The fourth-order valence-corrected chi connectivity index (χ4v) is 4.19. The third-order valence-electron chi connectivity index (χ3n) is 5.87. The summed E-state index contributed by atoms with van der Waals surface area (Å²) >= 11 is 0. The largest absolute Gasteiger partial charge is 0.368 e. The Kier molecular flexibility index (Phi) is 4.83. The van der Waals surface area contributed by atoms with E-state index >= 15 is 0 Å². The van der Waals surface area contributed by atoms with Crippen LogP contribution in [0.4, 0.5) is 10.1 Å². The molecule has 1 N–H and O–H groups in total. The molecule has 4 aromatic rings. The number of aryl methyl sites for hydroxylation is 1. The van der Waals surface area contributed by atoms with E-state index in [1.807, 2.05) is 23.2 Å². The van der Waals surface area contributed by atoms with Crippen molar-refractivity contribution in [2.24, 2.45) is 0 Å². The van der Waals surface area contributed by atoms with Gasteiger partial charge in [0.2, 0.25) is 5.91 Å². The van der Waals surface area contributed by atoms with Gasteiger partial charge >= 0.3 is 0 Å². The molecule has 1 aliphatic rings. The Labute approximate surface area is 174 Å². The van der Waals surface area contributed by atoms with Crippen molar-refractivity contribution in [3.63, 3.8) is 0 Å². The molecule has 0 aliphatic carbocycles. The number of H-pyrrole nitrogens is 1. The highest BCUT2D eigenvalue weighted by Gasteiger charge is 2.21. The normalized spacial score (nSPS) is 14.6. The van der Waals surface area contributed by atoms with E-state index in [-0.39, 0.29) is 11.7 Å². The minimum Gasteiger partial charge on any atom is -0.368 e. The monoisotopic (exact) mass is 402 g/mol. The third kappa shape index (κ3) is 3.61. The molecule has 2 aromatic heterocycles. The molecular weight excluding hydrogens is 379 g/mol. The van der Waals surface area contributed by atoms with Gasteiger partial charge in [0.1, 0.15) is 5.82 Å². The average Bonchev–Trinajstić information content (AvgIpc) is 3.16. The molecule has 0 atom stereocenters. The number of benzene rings is 2. The second-order valence-corrected chi connectivity index (χ2v) is 7.74. The van der Waals surface area contributed by atoms with Crippen LogP contribution in [0.5, 0.6) is 0 Å². The SMILES string of the molecule is O=C(CCc1cc2c(cn1)[nH]c1ccccc12)N1CCN(c2ccc(F)cc2)CC1. The standard InChI is InChI=1S/C24H23FN4O/c25-17-5-8-19(9-6-17)28-11-13-29(14-12-28)24(30)10-7-18-15-21-20-3-1-2-4-22(20)27-23(21)16-26-18/h1-6,8-9,15-16,27H,7,10-14H2. The van der Waals surface area contributed by atoms with Gasteiger partial charge in [0.05, 0.1) is 11.7 Å². The number of fused-ring (bicyclic) bond motifs is 3. The summed E-state index contributed by atoms with van der Waals surface area (Å²) in [6, 6.07) is 16.8. The summed E-state index contributed by atoms with van der Waals surface area (Å²) in [4.78, 5) is 24.7. The maximum absolute atomic E-state index is 13.1. The number of aromatic amines is 1. The number of piperazine rings is 1. The average molecular weight is 402 g/mol. The van der Waals surface area contributed by atoms with E-state index in [0.717, 1.165) is 40.9 Å². The van der Waals surface area contributed by atoms with Crippen molar-refractivity contribution in [2.75, 3.05) is 31.1 Å². The van der Waals surface area contributed by atoms with Crippen LogP contribution >= 0.6 is 0 Å². The lowest BCUT2D eigenvalue weighted by atomic mass is 10.1. The lowest BCUT2D eigenvalue weighted by molar-refractivity contribution is -0.131. The van der Waals surface area contributed by atoms with Crippen molar-refractivity contribution in [3.8, 4) is 0 Å². The lowest BCUT2D eigenvalue weighted by Gasteiger charge is -2.36. The highest BCUT2D eigenvalue weighted by molar-refractivity contribution is 6.06. The summed E-state index contributed by atoms with van der Waals surface area (Å²) in [5.41, 5.74) is 4.05. The number of aromatic nitrogens is 2. The fraction of sp³-hybridized carbons (Fsp3) is 0.250. The molecule has 2 aromatic carbocycles.